The van der Waals surface area contributed by atoms with Crippen LogP contribution >= 0.6 is 0 Å². The Bertz CT molecular complexity index is 1020. The average molecular weight is 509 g/mol. The second-order valence-electron chi connectivity index (χ2n) is 11.3. The molecule has 1 heterocycles. The van der Waals surface area contributed by atoms with E-state index in [2.05, 4.69) is 26.1 Å². The number of hydrogen-bond donors (Lipinski definition) is 1. The highest BCUT2D eigenvalue weighted by Gasteiger charge is 2.51. The topological polar surface area (TPSA) is 73.9 Å². The molecule has 1 saturated heterocycles. The monoisotopic (exact) mass is 509 g/mol. The van der Waals surface area contributed by atoms with Crippen molar-refractivity contribution in [2.45, 2.75) is 97.8 Å². The van der Waals surface area contributed by atoms with Gasteiger partial charge in [-0.05, 0) is 68.3 Å². The SMILES string of the molecule is CC.COC(=O)CC(Cc1ccc(B2OC(C)(C)C(C)(C)O2)cc1)NC(=O)c1ccc(C(C)(C)C)cc1. The molecule has 2 aromatic rings. The third-order valence-corrected chi connectivity index (χ3v) is 6.98. The smallest absolute Gasteiger partial charge is 0.469 e. The van der Waals surface area contributed by atoms with Gasteiger partial charge >= 0.3 is 13.1 Å². The van der Waals surface area contributed by atoms with Gasteiger partial charge in [-0.2, -0.15) is 0 Å². The van der Waals surface area contributed by atoms with E-state index in [4.69, 9.17) is 14.0 Å². The Morgan fingerprint density at radius 3 is 1.89 bits per heavy atom. The van der Waals surface area contributed by atoms with Crippen LogP contribution in [0.15, 0.2) is 48.5 Å². The Hall–Kier alpha value is -2.64. The summed E-state index contributed by atoms with van der Waals surface area (Å²) in [5, 5.41) is 3.01. The van der Waals surface area contributed by atoms with Gasteiger partial charge in [-0.15, -0.1) is 0 Å². The van der Waals surface area contributed by atoms with E-state index in [-0.39, 0.29) is 23.7 Å². The second kappa shape index (κ2) is 12.3. The van der Waals surface area contributed by atoms with Gasteiger partial charge in [0, 0.05) is 11.6 Å². The molecular formula is C30H44BNO5. The maximum absolute atomic E-state index is 12.9. The molecule has 1 fully saturated rings. The fourth-order valence-electron chi connectivity index (χ4n) is 3.92. The van der Waals surface area contributed by atoms with Gasteiger partial charge < -0.3 is 19.4 Å². The van der Waals surface area contributed by atoms with Gasteiger partial charge in [0.1, 0.15) is 0 Å². The van der Waals surface area contributed by atoms with Crippen molar-refractivity contribution in [3.05, 3.63) is 65.2 Å². The molecule has 2 aromatic carbocycles. The molecular weight excluding hydrogens is 465 g/mol. The molecule has 1 amide bonds. The minimum atomic E-state index is -0.435. The lowest BCUT2D eigenvalue weighted by atomic mass is 9.78. The average Bonchev–Trinajstić information content (AvgIpc) is 3.06. The fraction of sp³-hybridized carbons (Fsp3) is 0.533. The summed E-state index contributed by atoms with van der Waals surface area (Å²) >= 11 is 0. The van der Waals surface area contributed by atoms with E-state index in [1.165, 1.54) is 7.11 Å². The van der Waals surface area contributed by atoms with Crippen LogP contribution in [0.4, 0.5) is 0 Å². The summed E-state index contributed by atoms with van der Waals surface area (Å²) in [7, 11) is 0.918. The van der Waals surface area contributed by atoms with E-state index in [0.717, 1.165) is 16.6 Å². The van der Waals surface area contributed by atoms with Crippen LogP contribution < -0.4 is 10.8 Å². The summed E-state index contributed by atoms with van der Waals surface area (Å²) in [5.74, 6) is -0.583. The Morgan fingerprint density at radius 1 is 0.919 bits per heavy atom. The Morgan fingerprint density at radius 2 is 1.43 bits per heavy atom. The summed E-state index contributed by atoms with van der Waals surface area (Å²) in [6.07, 6.45) is 0.575. The quantitative estimate of drug-likeness (QED) is 0.410. The molecule has 1 unspecified atom stereocenters. The van der Waals surface area contributed by atoms with Crippen LogP contribution in [0.2, 0.25) is 0 Å². The highest BCUT2D eigenvalue weighted by Crippen LogP contribution is 2.36. The maximum Gasteiger partial charge on any atom is 0.494 e. The normalized spacial score (nSPS) is 16.9. The maximum atomic E-state index is 12.9. The van der Waals surface area contributed by atoms with Crippen molar-refractivity contribution >= 4 is 24.5 Å². The lowest BCUT2D eigenvalue weighted by molar-refractivity contribution is -0.141. The number of amides is 1. The van der Waals surface area contributed by atoms with E-state index in [9.17, 15) is 9.59 Å². The molecule has 0 bridgehead atoms. The molecule has 0 aromatic heterocycles. The zero-order valence-electron chi connectivity index (χ0n) is 24.2. The molecule has 0 radical (unpaired) electrons. The third kappa shape index (κ3) is 7.92. The number of ether oxygens (including phenoxy) is 1. The first-order valence-electron chi connectivity index (χ1n) is 13.1. The molecule has 7 heteroatoms. The Labute approximate surface area is 223 Å². The van der Waals surface area contributed by atoms with E-state index >= 15 is 0 Å². The number of esters is 1. The lowest BCUT2D eigenvalue weighted by Crippen LogP contribution is -2.41. The second-order valence-corrected chi connectivity index (χ2v) is 11.3. The van der Waals surface area contributed by atoms with Crippen LogP contribution in [0.5, 0.6) is 0 Å². The van der Waals surface area contributed by atoms with Gasteiger partial charge in [0.15, 0.2) is 0 Å². The van der Waals surface area contributed by atoms with Crippen molar-refractivity contribution < 1.29 is 23.6 Å². The number of nitrogens with one attached hydrogen (secondary N) is 1. The summed E-state index contributed by atoms with van der Waals surface area (Å²) in [4.78, 5) is 25.0. The minimum Gasteiger partial charge on any atom is -0.469 e. The molecule has 6 nitrogen and oxygen atoms in total. The fourth-order valence-corrected chi connectivity index (χ4v) is 3.92. The van der Waals surface area contributed by atoms with E-state index < -0.39 is 24.4 Å². The largest absolute Gasteiger partial charge is 0.494 e. The third-order valence-electron chi connectivity index (χ3n) is 6.98. The summed E-state index contributed by atoms with van der Waals surface area (Å²) in [5.41, 5.74) is 2.83. The predicted octanol–water partition coefficient (Wildman–Crippen LogP) is 5.21. The molecule has 37 heavy (non-hydrogen) atoms. The summed E-state index contributed by atoms with van der Waals surface area (Å²) in [6.45, 7) is 18.5. The van der Waals surface area contributed by atoms with Gasteiger partial charge in [-0.25, -0.2) is 0 Å². The molecule has 0 aliphatic carbocycles. The van der Waals surface area contributed by atoms with Gasteiger partial charge in [0.25, 0.3) is 5.91 Å². The first-order chi connectivity index (χ1) is 17.2. The van der Waals surface area contributed by atoms with Crippen molar-refractivity contribution in [1.82, 2.24) is 5.32 Å². The zero-order chi connectivity index (χ0) is 28.0. The number of benzene rings is 2. The summed E-state index contributed by atoms with van der Waals surface area (Å²) < 4.78 is 17.1. The van der Waals surface area contributed by atoms with Gasteiger partial charge in [0.05, 0.1) is 24.7 Å². The Kier molecular flexibility index (Phi) is 10.1. The number of rotatable bonds is 7. The van der Waals surface area contributed by atoms with Crippen molar-refractivity contribution in [1.29, 1.82) is 0 Å². The first-order valence-corrected chi connectivity index (χ1v) is 13.1. The van der Waals surface area contributed by atoms with Crippen molar-refractivity contribution in [2.24, 2.45) is 0 Å². The molecule has 1 aliphatic heterocycles. The van der Waals surface area contributed by atoms with Gasteiger partial charge in [-0.1, -0.05) is 71.0 Å². The molecule has 1 N–H and O–H groups in total. The highest BCUT2D eigenvalue weighted by atomic mass is 16.7. The number of carbonyl (C=O) groups excluding carboxylic acids is 2. The van der Waals surface area contributed by atoms with Crippen LogP contribution in [0.25, 0.3) is 0 Å². The van der Waals surface area contributed by atoms with Crippen LogP contribution in [0.1, 0.15) is 90.2 Å². The number of methoxy groups -OCH3 is 1. The van der Waals surface area contributed by atoms with Crippen molar-refractivity contribution in [3.8, 4) is 0 Å². The van der Waals surface area contributed by atoms with E-state index in [1.54, 1.807) is 0 Å². The highest BCUT2D eigenvalue weighted by molar-refractivity contribution is 6.62. The lowest BCUT2D eigenvalue weighted by Gasteiger charge is -2.32. The van der Waals surface area contributed by atoms with Gasteiger partial charge in [0.2, 0.25) is 0 Å². The van der Waals surface area contributed by atoms with E-state index in [1.807, 2.05) is 90.1 Å². The summed E-state index contributed by atoms with van der Waals surface area (Å²) in [6, 6.07) is 15.1. The van der Waals surface area contributed by atoms with Crippen molar-refractivity contribution in [3.63, 3.8) is 0 Å². The minimum absolute atomic E-state index is 0.00860. The van der Waals surface area contributed by atoms with Crippen molar-refractivity contribution in [2.75, 3.05) is 7.11 Å². The van der Waals surface area contributed by atoms with Crippen LogP contribution in [-0.2, 0) is 30.7 Å². The first kappa shape index (κ1) is 30.6. The Balaban J connectivity index is 0.00000235. The standard InChI is InChI=1S/C28H38BNO5.C2H6/c1-26(2,3)21-13-11-20(12-14-21)25(32)30-23(18-24(31)33-8)17-19-9-15-22(16-10-19)29-34-27(4,5)28(6,7)35-29;1-2/h9-16,23H,17-18H2,1-8H3,(H,30,32);1-2H3. The zero-order valence-corrected chi connectivity index (χ0v) is 24.2. The van der Waals surface area contributed by atoms with Gasteiger partial charge in [-0.3, -0.25) is 9.59 Å². The van der Waals surface area contributed by atoms with Crippen LogP contribution in [0, 0.1) is 0 Å². The molecule has 0 saturated carbocycles. The number of hydrogen-bond acceptors (Lipinski definition) is 5. The molecule has 202 valence electrons. The molecule has 1 atom stereocenters. The van der Waals surface area contributed by atoms with Crippen LogP contribution in [0.3, 0.4) is 0 Å². The molecule has 3 rings (SSSR count). The molecule has 0 spiro atoms. The predicted molar refractivity (Wildman–Crippen MR) is 150 cm³/mol. The molecule has 1 aliphatic rings. The van der Waals surface area contributed by atoms with Crippen LogP contribution in [-0.4, -0.2) is 43.3 Å². The van der Waals surface area contributed by atoms with E-state index in [0.29, 0.717) is 12.0 Å². The number of carbonyl (C=O) groups is 2.